The molecule has 0 bridgehead atoms. The molecule has 0 saturated heterocycles. The van der Waals surface area contributed by atoms with Crippen LogP contribution in [0.25, 0.3) is 0 Å². The predicted octanol–water partition coefficient (Wildman–Crippen LogP) is 3.70. The topological polar surface area (TPSA) is 58.6 Å². The first-order valence-corrected chi connectivity index (χ1v) is 9.44. The Kier molecular flexibility index (Phi) is 3.38. The first-order chi connectivity index (χ1) is 10.5. The number of hydrogen-bond acceptors (Lipinski definition) is 3. The molecule has 3 heteroatoms. The van der Waals surface area contributed by atoms with E-state index >= 15 is 0 Å². The Bertz CT molecular complexity index is 490. The molecule has 3 N–H and O–H groups in total. The maximum Gasteiger partial charge on any atom is 0.0543 e. The van der Waals surface area contributed by atoms with Crippen molar-refractivity contribution in [3.05, 3.63) is 0 Å². The fourth-order valence-corrected chi connectivity index (χ4v) is 7.24. The van der Waals surface area contributed by atoms with E-state index in [1.807, 2.05) is 0 Å². The molecule has 0 radical (unpaired) electrons. The van der Waals surface area contributed by atoms with Gasteiger partial charge in [0.05, 0.1) is 6.10 Å². The molecule has 4 fully saturated rings. The van der Waals surface area contributed by atoms with Crippen molar-refractivity contribution in [3.8, 4) is 0 Å². The van der Waals surface area contributed by atoms with Crippen molar-refractivity contribution in [3.63, 3.8) is 0 Å². The zero-order chi connectivity index (χ0) is 15.5. The Morgan fingerprint density at radius 2 is 1.86 bits per heavy atom. The Balaban J connectivity index is 1.63. The molecule has 0 spiro atoms. The summed E-state index contributed by atoms with van der Waals surface area (Å²) in [7, 11) is 0. The van der Waals surface area contributed by atoms with Gasteiger partial charge in [-0.3, -0.25) is 0 Å². The fourth-order valence-electron chi connectivity index (χ4n) is 7.24. The minimum absolute atomic E-state index is 0.0362. The van der Waals surface area contributed by atoms with Crippen LogP contribution in [0.2, 0.25) is 0 Å². The number of hydrogen-bond donors (Lipinski definition) is 2. The third kappa shape index (κ3) is 1.87. The lowest BCUT2D eigenvalue weighted by molar-refractivity contribution is -0.113. The van der Waals surface area contributed by atoms with E-state index in [9.17, 15) is 5.11 Å². The van der Waals surface area contributed by atoms with Crippen LogP contribution in [0.5, 0.6) is 0 Å². The lowest BCUT2D eigenvalue weighted by Crippen LogP contribution is -2.54. The Morgan fingerprint density at radius 3 is 2.64 bits per heavy atom. The number of hydrazone groups is 1. The molecule has 0 aromatic carbocycles. The summed E-state index contributed by atoms with van der Waals surface area (Å²) in [6.07, 6.45) is 11.0. The van der Waals surface area contributed by atoms with Gasteiger partial charge in [-0.15, -0.1) is 0 Å². The van der Waals surface area contributed by atoms with Gasteiger partial charge in [-0.2, -0.15) is 5.10 Å². The number of aliphatic hydroxyl groups is 1. The number of nitrogens with two attached hydrogens (primary N) is 1. The van der Waals surface area contributed by atoms with E-state index in [0.29, 0.717) is 5.41 Å². The smallest absolute Gasteiger partial charge is 0.0543 e. The van der Waals surface area contributed by atoms with Gasteiger partial charge in [0, 0.05) is 11.1 Å². The number of fused-ring (bicyclic) bond motifs is 5. The molecule has 4 aliphatic rings. The summed E-state index contributed by atoms with van der Waals surface area (Å²) in [6.45, 7) is 4.99. The molecule has 7 unspecified atom stereocenters. The van der Waals surface area contributed by atoms with Crippen LogP contribution in [0.1, 0.15) is 71.6 Å². The molecule has 3 nitrogen and oxygen atoms in total. The number of rotatable bonds is 0. The molecule has 0 aromatic heterocycles. The van der Waals surface area contributed by atoms with Gasteiger partial charge in [0.25, 0.3) is 0 Å². The van der Waals surface area contributed by atoms with Gasteiger partial charge in [0.15, 0.2) is 0 Å². The minimum Gasteiger partial charge on any atom is -0.393 e. The van der Waals surface area contributed by atoms with E-state index in [-0.39, 0.29) is 11.5 Å². The van der Waals surface area contributed by atoms with E-state index in [0.717, 1.165) is 42.9 Å². The van der Waals surface area contributed by atoms with Crippen molar-refractivity contribution in [2.24, 2.45) is 45.4 Å². The van der Waals surface area contributed by atoms with Crippen LogP contribution >= 0.6 is 0 Å². The highest BCUT2D eigenvalue weighted by Gasteiger charge is 2.59. The van der Waals surface area contributed by atoms with E-state index in [2.05, 4.69) is 18.9 Å². The second-order valence-electron chi connectivity index (χ2n) is 9.16. The molecule has 4 rings (SSSR count). The maximum atomic E-state index is 10.1. The Morgan fingerprint density at radius 1 is 1.05 bits per heavy atom. The minimum atomic E-state index is -0.0362. The van der Waals surface area contributed by atoms with Crippen LogP contribution in [0.15, 0.2) is 5.10 Å². The standard InChI is InChI=1S/C19H32N2O/c1-18-9-7-13(22)11-12(18)3-4-14-15-5-6-17(21-20)19(15,2)10-8-16(14)18/h12-16,22H,3-11,20H2,1-2H3. The molecule has 22 heavy (non-hydrogen) atoms. The van der Waals surface area contributed by atoms with Crippen molar-refractivity contribution < 1.29 is 5.11 Å². The van der Waals surface area contributed by atoms with Crippen LogP contribution in [0, 0.1) is 34.5 Å². The van der Waals surface area contributed by atoms with Crippen LogP contribution in [-0.2, 0) is 0 Å². The summed E-state index contributed by atoms with van der Waals surface area (Å²) in [5.74, 6) is 9.00. The third-order valence-electron chi connectivity index (χ3n) is 8.53. The van der Waals surface area contributed by atoms with E-state index in [1.54, 1.807) is 0 Å². The second-order valence-corrected chi connectivity index (χ2v) is 9.16. The average Bonchev–Trinajstić information content (AvgIpc) is 2.84. The van der Waals surface area contributed by atoms with Crippen LogP contribution in [0.3, 0.4) is 0 Å². The van der Waals surface area contributed by atoms with Gasteiger partial charge in [0.1, 0.15) is 0 Å². The summed E-state index contributed by atoms with van der Waals surface area (Å²) in [5.41, 5.74) is 2.06. The summed E-state index contributed by atoms with van der Waals surface area (Å²) >= 11 is 0. The SMILES string of the molecule is CC12CCC3C(CCC4CC(O)CCC43C)C1CCC2=NN. The Labute approximate surface area is 134 Å². The van der Waals surface area contributed by atoms with Crippen LogP contribution < -0.4 is 5.84 Å². The highest BCUT2D eigenvalue weighted by atomic mass is 16.3. The lowest BCUT2D eigenvalue weighted by atomic mass is 9.45. The largest absolute Gasteiger partial charge is 0.393 e. The first kappa shape index (κ1) is 15.0. The van der Waals surface area contributed by atoms with E-state index in [1.165, 1.54) is 44.2 Å². The first-order valence-electron chi connectivity index (χ1n) is 9.44. The third-order valence-corrected chi connectivity index (χ3v) is 8.53. The molecule has 4 aliphatic carbocycles. The summed E-state index contributed by atoms with van der Waals surface area (Å²) < 4.78 is 0. The Hall–Kier alpha value is -0.570. The monoisotopic (exact) mass is 304 g/mol. The summed E-state index contributed by atoms with van der Waals surface area (Å²) in [5, 5.41) is 14.3. The van der Waals surface area contributed by atoms with Crippen LogP contribution in [-0.4, -0.2) is 16.9 Å². The summed E-state index contributed by atoms with van der Waals surface area (Å²) in [4.78, 5) is 0. The molecule has 4 saturated carbocycles. The molecule has 7 atom stereocenters. The van der Waals surface area contributed by atoms with Crippen molar-refractivity contribution in [1.82, 2.24) is 0 Å². The fraction of sp³-hybridized carbons (Fsp3) is 0.947. The van der Waals surface area contributed by atoms with E-state index in [4.69, 9.17) is 5.84 Å². The molecule has 124 valence electrons. The van der Waals surface area contributed by atoms with Crippen molar-refractivity contribution in [1.29, 1.82) is 0 Å². The molecular formula is C19H32N2O. The van der Waals surface area contributed by atoms with Gasteiger partial charge in [-0.05, 0) is 86.9 Å². The predicted molar refractivity (Wildman–Crippen MR) is 89.4 cm³/mol. The second kappa shape index (κ2) is 4.96. The highest BCUT2D eigenvalue weighted by molar-refractivity contribution is 5.92. The van der Waals surface area contributed by atoms with Crippen LogP contribution in [0.4, 0.5) is 0 Å². The van der Waals surface area contributed by atoms with E-state index < -0.39 is 0 Å². The molecule has 0 heterocycles. The van der Waals surface area contributed by atoms with Gasteiger partial charge in [-0.25, -0.2) is 0 Å². The van der Waals surface area contributed by atoms with Gasteiger partial charge in [-0.1, -0.05) is 13.8 Å². The lowest BCUT2D eigenvalue weighted by Gasteiger charge is -2.60. The highest BCUT2D eigenvalue weighted by Crippen LogP contribution is 2.65. The number of aliphatic hydroxyl groups excluding tert-OH is 1. The molecular weight excluding hydrogens is 272 g/mol. The van der Waals surface area contributed by atoms with Crippen molar-refractivity contribution >= 4 is 5.71 Å². The number of nitrogens with zero attached hydrogens (tertiary/aromatic N) is 1. The van der Waals surface area contributed by atoms with Crippen molar-refractivity contribution in [2.75, 3.05) is 0 Å². The van der Waals surface area contributed by atoms with Gasteiger partial charge >= 0.3 is 0 Å². The molecule has 0 aromatic rings. The van der Waals surface area contributed by atoms with Gasteiger partial charge < -0.3 is 10.9 Å². The average molecular weight is 304 g/mol. The normalized spacial score (nSPS) is 56.3. The zero-order valence-electron chi connectivity index (χ0n) is 14.2. The molecule has 0 amide bonds. The maximum absolute atomic E-state index is 10.1. The quantitative estimate of drug-likeness (QED) is 0.529. The van der Waals surface area contributed by atoms with Gasteiger partial charge in [0.2, 0.25) is 0 Å². The zero-order valence-corrected chi connectivity index (χ0v) is 14.2. The summed E-state index contributed by atoms with van der Waals surface area (Å²) in [6, 6.07) is 0. The molecule has 0 aliphatic heterocycles. The van der Waals surface area contributed by atoms with Crippen molar-refractivity contribution in [2.45, 2.75) is 77.7 Å².